The first-order chi connectivity index (χ1) is 9.25. The van der Waals surface area contributed by atoms with E-state index in [1.807, 2.05) is 44.4 Å². The summed E-state index contributed by atoms with van der Waals surface area (Å²) in [5.41, 5.74) is 1.14. The quantitative estimate of drug-likeness (QED) is 0.776. The van der Waals surface area contributed by atoms with Crippen molar-refractivity contribution in [2.24, 2.45) is 0 Å². The minimum absolute atomic E-state index is 0.636. The smallest absolute Gasteiger partial charge is 0.121 e. The highest BCUT2D eigenvalue weighted by atomic mass is 16.5. The van der Waals surface area contributed by atoms with Crippen molar-refractivity contribution in [1.82, 2.24) is 5.32 Å². The van der Waals surface area contributed by atoms with Crippen LogP contribution in [0.25, 0.3) is 0 Å². The monoisotopic (exact) mass is 260 g/mol. The Morgan fingerprint density at radius 1 is 1.21 bits per heavy atom. The third kappa shape index (κ3) is 4.34. The van der Waals surface area contributed by atoms with Gasteiger partial charge < -0.3 is 19.4 Å². The Morgan fingerprint density at radius 3 is 2.84 bits per heavy atom. The van der Waals surface area contributed by atoms with Crippen molar-refractivity contribution in [1.29, 1.82) is 0 Å². The Morgan fingerprint density at radius 2 is 2.11 bits per heavy atom. The second-order valence-electron chi connectivity index (χ2n) is 4.50. The van der Waals surface area contributed by atoms with Gasteiger partial charge in [0.25, 0.3) is 0 Å². The maximum Gasteiger partial charge on any atom is 0.121 e. The molecular formula is C15H20N2O2. The highest BCUT2D eigenvalue weighted by Gasteiger charge is 1.99. The third-order valence-corrected chi connectivity index (χ3v) is 2.76. The van der Waals surface area contributed by atoms with Crippen LogP contribution in [0.1, 0.15) is 5.76 Å². The van der Waals surface area contributed by atoms with Gasteiger partial charge in [-0.05, 0) is 24.3 Å². The van der Waals surface area contributed by atoms with Gasteiger partial charge in [0.05, 0.1) is 12.8 Å². The maximum absolute atomic E-state index is 5.70. The average molecular weight is 260 g/mol. The summed E-state index contributed by atoms with van der Waals surface area (Å²) in [4.78, 5) is 2.06. The van der Waals surface area contributed by atoms with E-state index < -0.39 is 0 Å². The van der Waals surface area contributed by atoms with Crippen LogP contribution in [-0.2, 0) is 6.54 Å². The number of nitrogens with zero attached hydrogens (tertiary/aromatic N) is 1. The molecule has 0 amide bonds. The van der Waals surface area contributed by atoms with Gasteiger partial charge in [0, 0.05) is 32.4 Å². The number of hydrogen-bond donors (Lipinski definition) is 1. The summed E-state index contributed by atoms with van der Waals surface area (Å²) in [5, 5.41) is 3.27. The largest absolute Gasteiger partial charge is 0.492 e. The molecule has 0 radical (unpaired) electrons. The van der Waals surface area contributed by atoms with Crippen molar-refractivity contribution in [3.05, 3.63) is 48.4 Å². The molecule has 2 aromatic rings. The molecule has 0 aliphatic rings. The van der Waals surface area contributed by atoms with Crippen molar-refractivity contribution in [2.45, 2.75) is 6.54 Å². The van der Waals surface area contributed by atoms with E-state index in [1.165, 1.54) is 0 Å². The summed E-state index contributed by atoms with van der Waals surface area (Å²) in [6, 6.07) is 11.9. The Hall–Kier alpha value is -1.94. The van der Waals surface area contributed by atoms with Crippen LogP contribution in [0.5, 0.6) is 5.75 Å². The summed E-state index contributed by atoms with van der Waals surface area (Å²) in [5.74, 6) is 1.83. The van der Waals surface area contributed by atoms with E-state index in [9.17, 15) is 0 Å². The number of rotatable bonds is 7. The van der Waals surface area contributed by atoms with Gasteiger partial charge in [0.1, 0.15) is 18.1 Å². The van der Waals surface area contributed by atoms with Gasteiger partial charge in [-0.15, -0.1) is 0 Å². The first-order valence-corrected chi connectivity index (χ1v) is 6.39. The molecule has 1 N–H and O–H groups in total. The summed E-state index contributed by atoms with van der Waals surface area (Å²) in [6.07, 6.45) is 1.68. The zero-order valence-electron chi connectivity index (χ0n) is 11.4. The fourth-order valence-corrected chi connectivity index (χ4v) is 1.72. The van der Waals surface area contributed by atoms with Crippen LogP contribution < -0.4 is 15.0 Å². The molecule has 0 aliphatic carbocycles. The molecule has 4 nitrogen and oxygen atoms in total. The summed E-state index contributed by atoms with van der Waals surface area (Å²) < 4.78 is 10.9. The van der Waals surface area contributed by atoms with Crippen LogP contribution in [-0.4, -0.2) is 27.2 Å². The fourth-order valence-electron chi connectivity index (χ4n) is 1.72. The van der Waals surface area contributed by atoms with Crippen molar-refractivity contribution < 1.29 is 9.15 Å². The minimum Gasteiger partial charge on any atom is -0.492 e. The molecule has 0 saturated heterocycles. The van der Waals surface area contributed by atoms with E-state index in [-0.39, 0.29) is 0 Å². The predicted molar refractivity (Wildman–Crippen MR) is 76.7 cm³/mol. The molecule has 19 heavy (non-hydrogen) atoms. The molecule has 0 fully saturated rings. The fraction of sp³-hybridized carbons (Fsp3) is 0.333. The summed E-state index contributed by atoms with van der Waals surface area (Å²) in [7, 11) is 4.04. The van der Waals surface area contributed by atoms with E-state index in [0.29, 0.717) is 6.61 Å². The van der Waals surface area contributed by atoms with Crippen LogP contribution >= 0.6 is 0 Å². The Kier molecular flexibility index (Phi) is 4.86. The second kappa shape index (κ2) is 6.85. The number of anilines is 1. The first-order valence-electron chi connectivity index (χ1n) is 6.39. The average Bonchev–Trinajstić information content (AvgIpc) is 2.92. The molecule has 1 heterocycles. The van der Waals surface area contributed by atoms with E-state index >= 15 is 0 Å². The molecule has 0 atom stereocenters. The van der Waals surface area contributed by atoms with Crippen molar-refractivity contribution in [2.75, 3.05) is 32.1 Å². The van der Waals surface area contributed by atoms with Gasteiger partial charge in [-0.3, -0.25) is 0 Å². The molecule has 0 aliphatic heterocycles. The molecular weight excluding hydrogens is 240 g/mol. The van der Waals surface area contributed by atoms with Gasteiger partial charge in [0.2, 0.25) is 0 Å². The van der Waals surface area contributed by atoms with Gasteiger partial charge in [0.15, 0.2) is 0 Å². The lowest BCUT2D eigenvalue weighted by Gasteiger charge is -2.14. The number of hydrogen-bond acceptors (Lipinski definition) is 4. The summed E-state index contributed by atoms with van der Waals surface area (Å²) in [6.45, 7) is 2.15. The van der Waals surface area contributed by atoms with Crippen molar-refractivity contribution in [3.63, 3.8) is 0 Å². The van der Waals surface area contributed by atoms with E-state index in [0.717, 1.165) is 30.3 Å². The van der Waals surface area contributed by atoms with Crippen LogP contribution in [0, 0.1) is 0 Å². The van der Waals surface area contributed by atoms with E-state index in [2.05, 4.69) is 16.3 Å². The minimum atomic E-state index is 0.636. The standard InChI is InChI=1S/C15H20N2O2/c1-17(2)13-5-3-6-14(11-13)19-10-8-16-12-15-7-4-9-18-15/h3-7,9,11,16H,8,10,12H2,1-2H3. The molecule has 4 heteroatoms. The molecule has 1 aromatic heterocycles. The molecule has 2 rings (SSSR count). The van der Waals surface area contributed by atoms with Gasteiger partial charge >= 0.3 is 0 Å². The normalized spacial score (nSPS) is 10.4. The van der Waals surface area contributed by atoms with Crippen LogP contribution in [0.2, 0.25) is 0 Å². The van der Waals surface area contributed by atoms with Crippen molar-refractivity contribution >= 4 is 5.69 Å². The molecule has 0 saturated carbocycles. The van der Waals surface area contributed by atoms with E-state index in [1.54, 1.807) is 6.26 Å². The number of nitrogens with one attached hydrogen (secondary N) is 1. The topological polar surface area (TPSA) is 37.6 Å². The zero-order chi connectivity index (χ0) is 13.5. The molecule has 0 bridgehead atoms. The Labute approximate surface area is 114 Å². The second-order valence-corrected chi connectivity index (χ2v) is 4.50. The number of ether oxygens (including phenoxy) is 1. The van der Waals surface area contributed by atoms with Crippen LogP contribution in [0.4, 0.5) is 5.69 Å². The van der Waals surface area contributed by atoms with E-state index in [4.69, 9.17) is 9.15 Å². The zero-order valence-corrected chi connectivity index (χ0v) is 11.4. The SMILES string of the molecule is CN(C)c1cccc(OCCNCc2ccco2)c1. The van der Waals surface area contributed by atoms with Gasteiger partial charge in [-0.25, -0.2) is 0 Å². The lowest BCUT2D eigenvalue weighted by atomic mass is 10.3. The Balaban J connectivity index is 1.69. The third-order valence-electron chi connectivity index (χ3n) is 2.76. The molecule has 1 aromatic carbocycles. The highest BCUT2D eigenvalue weighted by Crippen LogP contribution is 2.18. The van der Waals surface area contributed by atoms with Gasteiger partial charge in [-0.2, -0.15) is 0 Å². The summed E-state index contributed by atoms with van der Waals surface area (Å²) >= 11 is 0. The van der Waals surface area contributed by atoms with Crippen LogP contribution in [0.3, 0.4) is 0 Å². The first kappa shape index (κ1) is 13.5. The molecule has 0 spiro atoms. The maximum atomic E-state index is 5.70. The Bertz CT molecular complexity index is 481. The number of benzene rings is 1. The molecule has 102 valence electrons. The lowest BCUT2D eigenvalue weighted by molar-refractivity contribution is 0.311. The van der Waals surface area contributed by atoms with Crippen LogP contribution in [0.15, 0.2) is 47.1 Å². The van der Waals surface area contributed by atoms with Crippen molar-refractivity contribution in [3.8, 4) is 5.75 Å². The van der Waals surface area contributed by atoms with Gasteiger partial charge in [-0.1, -0.05) is 6.07 Å². The molecule has 0 unspecified atom stereocenters. The number of furan rings is 1. The predicted octanol–water partition coefficient (Wildman–Crippen LogP) is 2.51. The lowest BCUT2D eigenvalue weighted by Crippen LogP contribution is -2.20. The highest BCUT2D eigenvalue weighted by molar-refractivity contribution is 5.49.